The lowest BCUT2D eigenvalue weighted by molar-refractivity contribution is -0.141. The summed E-state index contributed by atoms with van der Waals surface area (Å²) in [4.78, 5) is 21.9. The molecule has 0 radical (unpaired) electrons. The monoisotopic (exact) mass is 350 g/mol. The fraction of sp³-hybridized carbons (Fsp3) is 0.100. The Bertz CT molecular complexity index is 790. The number of allylic oxidation sites excluding steroid dienone is 4. The molecule has 5 heteroatoms. The van der Waals surface area contributed by atoms with E-state index in [0.717, 1.165) is 34.4 Å². The summed E-state index contributed by atoms with van der Waals surface area (Å²) in [5.74, 6) is -1.08. The molecule has 0 N–H and O–H groups in total. The van der Waals surface area contributed by atoms with Gasteiger partial charge in [0.1, 0.15) is 0 Å². The summed E-state index contributed by atoms with van der Waals surface area (Å²) in [6.45, 7) is 6.96. The third kappa shape index (κ3) is 2.09. The molecule has 0 saturated carbocycles. The van der Waals surface area contributed by atoms with Crippen molar-refractivity contribution in [3.63, 3.8) is 0 Å². The zero-order chi connectivity index (χ0) is 17.7. The summed E-state index contributed by atoms with van der Waals surface area (Å²) in [5.41, 5.74) is 3.29. The normalized spacial score (nSPS) is 22.1. The van der Waals surface area contributed by atoms with Crippen molar-refractivity contribution in [1.29, 1.82) is 0 Å². The van der Waals surface area contributed by atoms with Gasteiger partial charge in [-0.15, -0.1) is 0 Å². The molecule has 0 aromatic carbocycles. The van der Waals surface area contributed by atoms with Crippen LogP contribution in [0.15, 0.2) is 96.2 Å². The summed E-state index contributed by atoms with van der Waals surface area (Å²) in [5, 5.41) is 0. The summed E-state index contributed by atoms with van der Waals surface area (Å²) in [6.07, 6.45) is 17.4. The van der Waals surface area contributed by atoms with Crippen molar-refractivity contribution in [1.82, 2.24) is 0 Å². The minimum Gasteiger partial charge on any atom is -0.436 e. The first-order valence-electron chi connectivity index (χ1n) is 7.67. The van der Waals surface area contributed by atoms with Crippen LogP contribution in [0.1, 0.15) is 0 Å². The van der Waals surface area contributed by atoms with E-state index >= 15 is 0 Å². The Balaban J connectivity index is 1.77. The van der Waals surface area contributed by atoms with Gasteiger partial charge in [-0.3, -0.25) is 0 Å². The van der Waals surface area contributed by atoms with Gasteiger partial charge in [0.25, 0.3) is 0 Å². The van der Waals surface area contributed by atoms with E-state index in [-0.39, 0.29) is 0 Å². The van der Waals surface area contributed by atoms with Crippen LogP contribution in [0.5, 0.6) is 0 Å². The zero-order valence-electron chi connectivity index (χ0n) is 13.2. The number of carbonyl (C=O) groups is 2. The Morgan fingerprint density at radius 1 is 0.760 bits per heavy atom. The summed E-state index contributed by atoms with van der Waals surface area (Å²) < 4.78 is 11.5. The number of rotatable bonds is 6. The maximum absolute atomic E-state index is 12.0. The van der Waals surface area contributed by atoms with Crippen molar-refractivity contribution in [2.45, 2.75) is 9.87 Å². The Morgan fingerprint density at radius 2 is 1.08 bits per heavy atom. The number of hydrogen-bond acceptors (Lipinski definition) is 5. The molecule has 0 aliphatic heterocycles. The van der Waals surface area contributed by atoms with Gasteiger partial charge in [0.05, 0.1) is 0 Å². The van der Waals surface area contributed by atoms with E-state index in [2.05, 4.69) is 13.2 Å². The van der Waals surface area contributed by atoms with E-state index in [4.69, 9.17) is 9.47 Å². The molecule has 0 unspecified atom stereocenters. The summed E-state index contributed by atoms with van der Waals surface area (Å²) in [6, 6.07) is 0. The van der Waals surface area contributed by atoms with Crippen molar-refractivity contribution in [2.75, 3.05) is 0 Å². The molecule has 124 valence electrons. The number of fused-ring (bicyclic) bond motifs is 4. The largest absolute Gasteiger partial charge is 0.436 e. The Morgan fingerprint density at radius 3 is 1.32 bits per heavy atom. The Labute approximate surface area is 149 Å². The molecular weight excluding hydrogens is 336 g/mol. The molecule has 0 saturated heterocycles. The standard InChI is InChI=1S/C20H14O4S/c1-3-17(21)23-19(13-5-6-14(19)8-7-13)25-20(24-18(22)4-2)15-9-10-16(20)12-11-15/h3-12H,1-2H2. The van der Waals surface area contributed by atoms with Gasteiger partial charge in [-0.25, -0.2) is 9.59 Å². The van der Waals surface area contributed by atoms with E-state index in [1.807, 2.05) is 48.6 Å². The molecule has 0 aromatic rings. The molecule has 0 aromatic heterocycles. The average Bonchev–Trinajstić information content (AvgIpc) is 3.34. The second kappa shape index (κ2) is 5.36. The minimum absolute atomic E-state index is 0.540. The highest BCUT2D eigenvalue weighted by Crippen LogP contribution is 2.61. The fourth-order valence-corrected chi connectivity index (χ4v) is 4.90. The zero-order valence-corrected chi connectivity index (χ0v) is 14.0. The topological polar surface area (TPSA) is 52.6 Å². The van der Waals surface area contributed by atoms with Gasteiger partial charge in [-0.2, -0.15) is 0 Å². The highest BCUT2D eigenvalue weighted by molar-refractivity contribution is 8.02. The van der Waals surface area contributed by atoms with Crippen LogP contribution in [0.4, 0.5) is 0 Å². The molecule has 25 heavy (non-hydrogen) atoms. The molecule has 0 amide bonds. The van der Waals surface area contributed by atoms with Gasteiger partial charge in [0.15, 0.2) is 0 Å². The molecule has 0 spiro atoms. The van der Waals surface area contributed by atoms with Crippen LogP contribution in [0, 0.1) is 0 Å². The number of thioether (sulfide) groups is 1. The average molecular weight is 350 g/mol. The third-order valence-electron chi connectivity index (χ3n) is 4.40. The SMILES string of the molecule is C=CC(=O)OC1(SC2(OC(=O)C=C)C3=CC=C2C=C3)C2=CC=C1C=C2. The Kier molecular flexibility index (Phi) is 3.37. The number of hydrogen-bond donors (Lipinski definition) is 0. The third-order valence-corrected chi connectivity index (χ3v) is 6.08. The van der Waals surface area contributed by atoms with E-state index in [1.165, 1.54) is 11.8 Å². The second-order valence-corrected chi connectivity index (χ2v) is 7.09. The van der Waals surface area contributed by atoms with E-state index < -0.39 is 21.8 Å². The van der Waals surface area contributed by atoms with Crippen molar-refractivity contribution < 1.29 is 19.1 Å². The fourth-order valence-electron chi connectivity index (χ4n) is 3.23. The number of ether oxygens (including phenoxy) is 2. The van der Waals surface area contributed by atoms with Crippen LogP contribution in [0.2, 0.25) is 0 Å². The summed E-state index contributed by atoms with van der Waals surface area (Å²) >= 11 is 1.27. The maximum atomic E-state index is 12.0. The van der Waals surface area contributed by atoms with Gasteiger partial charge in [-0.05, 0) is 11.8 Å². The molecular formula is C20H14O4S. The number of esters is 2. The van der Waals surface area contributed by atoms with Crippen molar-refractivity contribution >= 4 is 23.7 Å². The van der Waals surface area contributed by atoms with E-state index in [0.29, 0.717) is 0 Å². The van der Waals surface area contributed by atoms with Crippen LogP contribution in [0.25, 0.3) is 0 Å². The predicted octanol–water partition coefficient (Wildman–Crippen LogP) is 3.44. The lowest BCUT2D eigenvalue weighted by Gasteiger charge is -2.38. The lowest BCUT2D eigenvalue weighted by Crippen LogP contribution is -2.40. The Hall–Kier alpha value is -2.79. The van der Waals surface area contributed by atoms with Gasteiger partial charge in [-0.1, -0.05) is 61.8 Å². The first-order valence-corrected chi connectivity index (χ1v) is 8.49. The van der Waals surface area contributed by atoms with E-state index in [1.54, 1.807) is 0 Å². The van der Waals surface area contributed by atoms with Crippen molar-refractivity contribution in [3.8, 4) is 0 Å². The molecule has 4 aliphatic rings. The highest BCUT2D eigenvalue weighted by atomic mass is 32.2. The van der Waals surface area contributed by atoms with Crippen molar-refractivity contribution in [3.05, 3.63) is 96.2 Å². The first kappa shape index (κ1) is 15.7. The molecule has 4 bridgehead atoms. The highest BCUT2D eigenvalue weighted by Gasteiger charge is 2.58. The van der Waals surface area contributed by atoms with Crippen LogP contribution in [-0.4, -0.2) is 21.8 Å². The van der Waals surface area contributed by atoms with Gasteiger partial charge < -0.3 is 9.47 Å². The maximum Gasteiger partial charge on any atom is 0.332 e. The molecule has 4 rings (SSSR count). The predicted molar refractivity (Wildman–Crippen MR) is 96.2 cm³/mol. The van der Waals surface area contributed by atoms with Gasteiger partial charge >= 0.3 is 11.9 Å². The van der Waals surface area contributed by atoms with Crippen LogP contribution < -0.4 is 0 Å². The number of carbonyl (C=O) groups excluding carboxylic acids is 2. The van der Waals surface area contributed by atoms with Crippen molar-refractivity contribution in [2.24, 2.45) is 0 Å². The van der Waals surface area contributed by atoms with E-state index in [9.17, 15) is 9.59 Å². The molecule has 4 nitrogen and oxygen atoms in total. The minimum atomic E-state index is -1.07. The lowest BCUT2D eigenvalue weighted by atomic mass is 10.2. The molecule has 0 fully saturated rings. The van der Waals surface area contributed by atoms with Gasteiger partial charge in [0, 0.05) is 34.4 Å². The molecule has 0 heterocycles. The smallest absolute Gasteiger partial charge is 0.332 e. The molecule has 4 aliphatic carbocycles. The quantitative estimate of drug-likeness (QED) is 0.417. The van der Waals surface area contributed by atoms with Gasteiger partial charge in [0.2, 0.25) is 9.87 Å². The van der Waals surface area contributed by atoms with Crippen LogP contribution in [0.3, 0.4) is 0 Å². The second-order valence-electron chi connectivity index (χ2n) is 5.74. The first-order chi connectivity index (χ1) is 12.0. The molecule has 0 atom stereocenters. The summed E-state index contributed by atoms with van der Waals surface area (Å²) in [7, 11) is 0. The van der Waals surface area contributed by atoms with Crippen LogP contribution >= 0.6 is 11.8 Å². The van der Waals surface area contributed by atoms with Crippen LogP contribution in [-0.2, 0) is 19.1 Å².